The molecular formula is C11H11NO2. The Bertz CT molecular complexity index is 485. The minimum Gasteiger partial charge on any atom is -0.451 e. The minimum atomic E-state index is -0.182. The van der Waals surface area contributed by atoms with E-state index in [4.69, 9.17) is 4.42 Å². The van der Waals surface area contributed by atoms with E-state index < -0.39 is 0 Å². The molecule has 0 aliphatic rings. The molecule has 0 unspecified atom stereocenters. The van der Waals surface area contributed by atoms with Crippen LogP contribution in [0, 0.1) is 6.92 Å². The number of carbonyl (C=O) groups is 1. The van der Waals surface area contributed by atoms with E-state index in [1.165, 1.54) is 0 Å². The molecule has 0 saturated carbocycles. The number of aryl methyl sites for hydroxylation is 1. The van der Waals surface area contributed by atoms with Crippen molar-refractivity contribution in [2.75, 3.05) is 7.05 Å². The van der Waals surface area contributed by atoms with E-state index in [1.807, 2.05) is 31.2 Å². The molecule has 0 fully saturated rings. The average Bonchev–Trinajstić information content (AvgIpc) is 2.56. The van der Waals surface area contributed by atoms with Crippen molar-refractivity contribution in [3.8, 4) is 0 Å². The third-order valence-electron chi connectivity index (χ3n) is 2.28. The van der Waals surface area contributed by atoms with Gasteiger partial charge in [0, 0.05) is 18.0 Å². The lowest BCUT2D eigenvalue weighted by atomic mass is 10.1. The summed E-state index contributed by atoms with van der Waals surface area (Å²) in [6.07, 6.45) is 0. The number of nitrogens with one attached hydrogen (secondary N) is 1. The van der Waals surface area contributed by atoms with Crippen LogP contribution < -0.4 is 5.32 Å². The lowest BCUT2D eigenvalue weighted by molar-refractivity contribution is 0.0937. The largest absolute Gasteiger partial charge is 0.451 e. The van der Waals surface area contributed by atoms with Crippen molar-refractivity contribution in [3.63, 3.8) is 0 Å². The Hall–Kier alpha value is -1.77. The zero-order chi connectivity index (χ0) is 10.1. The van der Waals surface area contributed by atoms with Crippen molar-refractivity contribution in [3.05, 3.63) is 35.6 Å². The van der Waals surface area contributed by atoms with Gasteiger partial charge in [-0.3, -0.25) is 4.79 Å². The minimum absolute atomic E-state index is 0.182. The molecule has 1 N–H and O–H groups in total. The predicted octanol–water partition coefficient (Wildman–Crippen LogP) is 2.10. The van der Waals surface area contributed by atoms with Gasteiger partial charge in [0.1, 0.15) is 5.58 Å². The summed E-state index contributed by atoms with van der Waals surface area (Å²) in [5.41, 5.74) is 1.64. The lowest BCUT2D eigenvalue weighted by Crippen LogP contribution is -2.17. The highest BCUT2D eigenvalue weighted by atomic mass is 16.3. The Kier molecular flexibility index (Phi) is 2.00. The average molecular weight is 189 g/mol. The molecule has 1 aromatic carbocycles. The maximum Gasteiger partial charge on any atom is 0.287 e. The first-order chi connectivity index (χ1) is 6.74. The van der Waals surface area contributed by atoms with Crippen LogP contribution in [0.1, 0.15) is 16.1 Å². The van der Waals surface area contributed by atoms with E-state index in [9.17, 15) is 4.79 Å². The number of hydrogen-bond acceptors (Lipinski definition) is 2. The van der Waals surface area contributed by atoms with Gasteiger partial charge in [0.05, 0.1) is 0 Å². The molecule has 0 bridgehead atoms. The van der Waals surface area contributed by atoms with Gasteiger partial charge in [0.2, 0.25) is 0 Å². The van der Waals surface area contributed by atoms with Crippen molar-refractivity contribution < 1.29 is 9.21 Å². The van der Waals surface area contributed by atoms with Crippen molar-refractivity contribution >= 4 is 16.9 Å². The second-order valence-corrected chi connectivity index (χ2v) is 3.13. The molecule has 2 aromatic rings. The summed E-state index contributed by atoms with van der Waals surface area (Å²) in [5.74, 6) is 0.215. The molecule has 3 heteroatoms. The summed E-state index contributed by atoms with van der Waals surface area (Å²) >= 11 is 0. The first kappa shape index (κ1) is 8.81. The van der Waals surface area contributed by atoms with E-state index >= 15 is 0 Å². The summed E-state index contributed by atoms with van der Waals surface area (Å²) in [6, 6.07) is 7.62. The van der Waals surface area contributed by atoms with Crippen molar-refractivity contribution in [2.45, 2.75) is 6.92 Å². The molecule has 72 valence electrons. The molecule has 1 amide bonds. The molecule has 0 aliphatic heterocycles. The van der Waals surface area contributed by atoms with Gasteiger partial charge in [-0.1, -0.05) is 18.2 Å². The van der Waals surface area contributed by atoms with E-state index in [1.54, 1.807) is 7.05 Å². The Morgan fingerprint density at radius 1 is 1.36 bits per heavy atom. The molecule has 0 spiro atoms. The van der Waals surface area contributed by atoms with E-state index in [2.05, 4.69) is 5.32 Å². The van der Waals surface area contributed by atoms with Crippen LogP contribution in [0.15, 0.2) is 28.7 Å². The number of para-hydroxylation sites is 1. The molecule has 2 rings (SSSR count). The SMILES string of the molecule is CNC(=O)c1oc2ccccc2c1C. The third-order valence-corrected chi connectivity index (χ3v) is 2.28. The first-order valence-electron chi connectivity index (χ1n) is 4.44. The normalized spacial score (nSPS) is 10.4. The number of hydrogen-bond donors (Lipinski definition) is 1. The second-order valence-electron chi connectivity index (χ2n) is 3.13. The fourth-order valence-corrected chi connectivity index (χ4v) is 1.50. The van der Waals surface area contributed by atoms with Crippen LogP contribution in [0.4, 0.5) is 0 Å². The van der Waals surface area contributed by atoms with Gasteiger partial charge in [-0.2, -0.15) is 0 Å². The fourth-order valence-electron chi connectivity index (χ4n) is 1.50. The van der Waals surface area contributed by atoms with Gasteiger partial charge in [0.15, 0.2) is 5.76 Å². The van der Waals surface area contributed by atoms with Gasteiger partial charge < -0.3 is 9.73 Å². The third kappa shape index (κ3) is 1.18. The molecule has 0 atom stereocenters. The Morgan fingerprint density at radius 3 is 2.71 bits per heavy atom. The maximum absolute atomic E-state index is 11.4. The van der Waals surface area contributed by atoms with Crippen molar-refractivity contribution in [1.82, 2.24) is 5.32 Å². The highest BCUT2D eigenvalue weighted by Gasteiger charge is 2.15. The van der Waals surface area contributed by atoms with Crippen LogP contribution in [0.3, 0.4) is 0 Å². The molecular weight excluding hydrogens is 178 g/mol. The number of fused-ring (bicyclic) bond motifs is 1. The summed E-state index contributed by atoms with van der Waals surface area (Å²) in [5, 5.41) is 3.54. The predicted molar refractivity (Wildman–Crippen MR) is 54.3 cm³/mol. The topological polar surface area (TPSA) is 42.2 Å². The van der Waals surface area contributed by atoms with Crippen LogP contribution in [0.2, 0.25) is 0 Å². The zero-order valence-electron chi connectivity index (χ0n) is 8.13. The highest BCUT2D eigenvalue weighted by Crippen LogP contribution is 2.24. The molecule has 1 heterocycles. The number of benzene rings is 1. The Morgan fingerprint density at radius 2 is 2.07 bits per heavy atom. The molecule has 0 radical (unpaired) electrons. The second kappa shape index (κ2) is 3.18. The highest BCUT2D eigenvalue weighted by molar-refractivity contribution is 5.98. The monoisotopic (exact) mass is 189 g/mol. The number of amides is 1. The summed E-state index contributed by atoms with van der Waals surface area (Å²) < 4.78 is 5.44. The van der Waals surface area contributed by atoms with Crippen LogP contribution >= 0.6 is 0 Å². The van der Waals surface area contributed by atoms with Gasteiger partial charge in [-0.25, -0.2) is 0 Å². The number of furan rings is 1. The van der Waals surface area contributed by atoms with Gasteiger partial charge in [-0.15, -0.1) is 0 Å². The zero-order valence-corrected chi connectivity index (χ0v) is 8.13. The first-order valence-corrected chi connectivity index (χ1v) is 4.44. The van der Waals surface area contributed by atoms with E-state index in [-0.39, 0.29) is 5.91 Å². The Balaban J connectivity index is 2.68. The molecule has 0 aliphatic carbocycles. The van der Waals surface area contributed by atoms with Gasteiger partial charge >= 0.3 is 0 Å². The van der Waals surface area contributed by atoms with Crippen LogP contribution in [0.25, 0.3) is 11.0 Å². The van der Waals surface area contributed by atoms with Crippen LogP contribution in [-0.4, -0.2) is 13.0 Å². The number of carbonyl (C=O) groups excluding carboxylic acids is 1. The quantitative estimate of drug-likeness (QED) is 0.746. The molecule has 14 heavy (non-hydrogen) atoms. The molecule has 1 aromatic heterocycles. The summed E-state index contributed by atoms with van der Waals surface area (Å²) in [7, 11) is 1.59. The maximum atomic E-state index is 11.4. The fraction of sp³-hybridized carbons (Fsp3) is 0.182. The summed E-state index contributed by atoms with van der Waals surface area (Å²) in [6.45, 7) is 1.89. The van der Waals surface area contributed by atoms with Crippen LogP contribution in [0.5, 0.6) is 0 Å². The van der Waals surface area contributed by atoms with Gasteiger partial charge in [-0.05, 0) is 13.0 Å². The lowest BCUT2D eigenvalue weighted by Gasteiger charge is -1.94. The standard InChI is InChI=1S/C11H11NO2/c1-7-8-5-3-4-6-9(8)14-10(7)11(13)12-2/h3-6H,1-2H3,(H,12,13). The van der Waals surface area contributed by atoms with Gasteiger partial charge in [0.25, 0.3) is 5.91 Å². The number of rotatable bonds is 1. The smallest absolute Gasteiger partial charge is 0.287 e. The molecule has 0 saturated heterocycles. The summed E-state index contributed by atoms with van der Waals surface area (Å²) in [4.78, 5) is 11.4. The van der Waals surface area contributed by atoms with E-state index in [0.29, 0.717) is 5.76 Å². The Labute approximate surface area is 81.7 Å². The van der Waals surface area contributed by atoms with Crippen LogP contribution in [-0.2, 0) is 0 Å². The molecule has 3 nitrogen and oxygen atoms in total. The van der Waals surface area contributed by atoms with E-state index in [0.717, 1.165) is 16.5 Å². The van der Waals surface area contributed by atoms with Crippen molar-refractivity contribution in [2.24, 2.45) is 0 Å². The van der Waals surface area contributed by atoms with Crippen molar-refractivity contribution in [1.29, 1.82) is 0 Å².